The molecule has 0 bridgehead atoms. The predicted molar refractivity (Wildman–Crippen MR) is 82.3 cm³/mol. The summed E-state index contributed by atoms with van der Waals surface area (Å²) >= 11 is 0. The first-order chi connectivity index (χ1) is 9.30. The monoisotopic (exact) mass is 276 g/mol. The van der Waals surface area contributed by atoms with E-state index < -0.39 is 0 Å². The molecule has 0 aliphatic carbocycles. The highest BCUT2D eigenvalue weighted by molar-refractivity contribution is 5.25. The summed E-state index contributed by atoms with van der Waals surface area (Å²) in [6.07, 6.45) is 3.76. The third-order valence-electron chi connectivity index (χ3n) is 4.00. The summed E-state index contributed by atoms with van der Waals surface area (Å²) in [7, 11) is 0. The zero-order chi connectivity index (χ0) is 15.3. The maximum atomic E-state index is 9.03. The van der Waals surface area contributed by atoms with E-state index in [1.54, 1.807) is 0 Å². The summed E-state index contributed by atoms with van der Waals surface area (Å²) in [6, 6.07) is 2.56. The van der Waals surface area contributed by atoms with Gasteiger partial charge in [0.2, 0.25) is 0 Å². The van der Waals surface area contributed by atoms with Gasteiger partial charge in [0.05, 0.1) is 17.2 Å². The minimum Gasteiger partial charge on any atom is -0.327 e. The minimum absolute atomic E-state index is 0.211. The Morgan fingerprint density at radius 1 is 1.40 bits per heavy atom. The lowest BCUT2D eigenvalue weighted by molar-refractivity contribution is 0.404. The highest BCUT2D eigenvalue weighted by atomic mass is 15.3. The van der Waals surface area contributed by atoms with Gasteiger partial charge in [-0.2, -0.15) is 10.4 Å². The summed E-state index contributed by atoms with van der Waals surface area (Å²) in [5.74, 6) is 0. The van der Waals surface area contributed by atoms with Crippen LogP contribution in [-0.4, -0.2) is 15.8 Å². The molecule has 1 rings (SSSR count). The van der Waals surface area contributed by atoms with E-state index in [9.17, 15) is 0 Å². The quantitative estimate of drug-likeness (QED) is 0.832. The van der Waals surface area contributed by atoms with Crippen LogP contribution in [0.15, 0.2) is 0 Å². The Kier molecular flexibility index (Phi) is 5.76. The molecule has 0 fully saturated rings. The number of rotatable bonds is 7. The van der Waals surface area contributed by atoms with Gasteiger partial charge in [-0.1, -0.05) is 6.92 Å². The molecule has 1 aromatic heterocycles. The van der Waals surface area contributed by atoms with Crippen molar-refractivity contribution in [1.29, 1.82) is 5.26 Å². The Bertz CT molecular complexity index is 479. The Balaban J connectivity index is 2.69. The number of hydrogen-bond donors (Lipinski definition) is 1. The molecule has 1 heterocycles. The first-order valence-corrected chi connectivity index (χ1v) is 7.50. The Hall–Kier alpha value is -1.34. The van der Waals surface area contributed by atoms with Gasteiger partial charge in [-0.3, -0.25) is 4.68 Å². The van der Waals surface area contributed by atoms with Crippen molar-refractivity contribution in [3.63, 3.8) is 0 Å². The summed E-state index contributed by atoms with van der Waals surface area (Å²) in [6.45, 7) is 11.1. The molecular formula is C16H28N4. The topological polar surface area (TPSA) is 67.6 Å². The van der Waals surface area contributed by atoms with Crippen LogP contribution in [0, 0.1) is 30.6 Å². The second kappa shape index (κ2) is 6.90. The average molecular weight is 276 g/mol. The smallest absolute Gasteiger partial charge is 0.0683 e. The molecule has 1 unspecified atom stereocenters. The van der Waals surface area contributed by atoms with Gasteiger partial charge in [-0.15, -0.1) is 0 Å². The predicted octanol–water partition coefficient (Wildman–Crippen LogP) is 3.11. The van der Waals surface area contributed by atoms with Gasteiger partial charge >= 0.3 is 0 Å². The number of nitrogens with two attached hydrogens (primary N) is 1. The van der Waals surface area contributed by atoms with E-state index in [-0.39, 0.29) is 11.5 Å². The van der Waals surface area contributed by atoms with Crippen LogP contribution in [-0.2, 0) is 13.0 Å². The molecule has 1 atom stereocenters. The van der Waals surface area contributed by atoms with Crippen molar-refractivity contribution in [2.45, 2.75) is 72.9 Å². The van der Waals surface area contributed by atoms with Gasteiger partial charge in [-0.25, -0.2) is 0 Å². The average Bonchev–Trinajstić information content (AvgIpc) is 2.66. The third kappa shape index (κ3) is 4.35. The molecular weight excluding hydrogens is 248 g/mol. The second-order valence-corrected chi connectivity index (χ2v) is 6.34. The van der Waals surface area contributed by atoms with Crippen molar-refractivity contribution in [2.24, 2.45) is 11.1 Å². The zero-order valence-corrected chi connectivity index (χ0v) is 13.5. The van der Waals surface area contributed by atoms with Gasteiger partial charge in [-0.05, 0) is 58.9 Å². The fourth-order valence-corrected chi connectivity index (χ4v) is 2.38. The normalized spacial score (nSPS) is 13.2. The van der Waals surface area contributed by atoms with Crippen molar-refractivity contribution >= 4 is 0 Å². The first kappa shape index (κ1) is 16.7. The standard InChI is InChI=1S/C16H28N4/c1-6-14(18)10-15-12(2)19-20(13(15)3)9-7-8-16(4,5)11-17/h14H,6-10,18H2,1-5H3. The van der Waals surface area contributed by atoms with Crippen molar-refractivity contribution in [2.75, 3.05) is 0 Å². The van der Waals surface area contributed by atoms with Crippen LogP contribution in [0.5, 0.6) is 0 Å². The number of aryl methyl sites for hydroxylation is 2. The number of nitriles is 1. The van der Waals surface area contributed by atoms with Crippen LogP contribution in [0.25, 0.3) is 0 Å². The molecule has 0 amide bonds. The molecule has 4 heteroatoms. The van der Waals surface area contributed by atoms with E-state index in [0.717, 1.165) is 37.9 Å². The Morgan fingerprint density at radius 3 is 2.60 bits per heavy atom. The molecule has 2 N–H and O–H groups in total. The fourth-order valence-electron chi connectivity index (χ4n) is 2.38. The second-order valence-electron chi connectivity index (χ2n) is 6.34. The summed E-state index contributed by atoms with van der Waals surface area (Å²) in [4.78, 5) is 0. The number of aromatic nitrogens is 2. The molecule has 0 saturated heterocycles. The third-order valence-corrected chi connectivity index (χ3v) is 4.00. The fraction of sp³-hybridized carbons (Fsp3) is 0.750. The maximum Gasteiger partial charge on any atom is 0.0683 e. The zero-order valence-electron chi connectivity index (χ0n) is 13.5. The molecule has 0 aliphatic rings. The molecule has 20 heavy (non-hydrogen) atoms. The van der Waals surface area contributed by atoms with Gasteiger partial charge in [0.1, 0.15) is 0 Å². The van der Waals surface area contributed by atoms with E-state index >= 15 is 0 Å². The molecule has 4 nitrogen and oxygen atoms in total. The van der Waals surface area contributed by atoms with Gasteiger partial charge in [0, 0.05) is 18.3 Å². The van der Waals surface area contributed by atoms with Gasteiger partial charge < -0.3 is 5.73 Å². The Labute approximate surface area is 123 Å². The summed E-state index contributed by atoms with van der Waals surface area (Å²) < 4.78 is 2.07. The van der Waals surface area contributed by atoms with E-state index in [1.165, 1.54) is 11.3 Å². The molecule has 0 aliphatic heterocycles. The highest BCUT2D eigenvalue weighted by Gasteiger charge is 2.17. The van der Waals surface area contributed by atoms with E-state index in [0.29, 0.717) is 0 Å². The molecule has 0 radical (unpaired) electrons. The lowest BCUT2D eigenvalue weighted by Gasteiger charge is -2.15. The van der Waals surface area contributed by atoms with Gasteiger partial charge in [0.15, 0.2) is 0 Å². The van der Waals surface area contributed by atoms with Crippen molar-refractivity contribution in [3.05, 3.63) is 17.0 Å². The van der Waals surface area contributed by atoms with Crippen LogP contribution in [0.4, 0.5) is 0 Å². The van der Waals surface area contributed by atoms with E-state index in [2.05, 4.69) is 36.6 Å². The van der Waals surface area contributed by atoms with Crippen LogP contribution in [0.3, 0.4) is 0 Å². The van der Waals surface area contributed by atoms with Crippen molar-refractivity contribution in [1.82, 2.24) is 9.78 Å². The largest absolute Gasteiger partial charge is 0.327 e. The molecule has 1 aromatic rings. The van der Waals surface area contributed by atoms with Gasteiger partial charge in [0.25, 0.3) is 0 Å². The Morgan fingerprint density at radius 2 is 2.05 bits per heavy atom. The number of nitrogens with zero attached hydrogens (tertiary/aromatic N) is 3. The molecule has 0 saturated carbocycles. The van der Waals surface area contributed by atoms with E-state index in [4.69, 9.17) is 11.0 Å². The molecule has 0 aromatic carbocycles. The molecule has 0 spiro atoms. The lowest BCUT2D eigenvalue weighted by atomic mass is 9.90. The summed E-state index contributed by atoms with van der Waals surface area (Å²) in [5, 5.41) is 13.7. The van der Waals surface area contributed by atoms with Crippen molar-refractivity contribution in [3.8, 4) is 6.07 Å². The highest BCUT2D eigenvalue weighted by Crippen LogP contribution is 2.22. The van der Waals surface area contributed by atoms with Crippen LogP contribution in [0.2, 0.25) is 0 Å². The van der Waals surface area contributed by atoms with Crippen LogP contribution in [0.1, 0.15) is 57.0 Å². The minimum atomic E-state index is -0.247. The summed E-state index contributed by atoms with van der Waals surface area (Å²) in [5.41, 5.74) is 9.41. The molecule has 112 valence electrons. The maximum absolute atomic E-state index is 9.03. The van der Waals surface area contributed by atoms with Crippen LogP contribution < -0.4 is 5.73 Å². The van der Waals surface area contributed by atoms with Crippen LogP contribution >= 0.6 is 0 Å². The first-order valence-electron chi connectivity index (χ1n) is 7.50. The van der Waals surface area contributed by atoms with E-state index in [1.807, 2.05) is 13.8 Å². The van der Waals surface area contributed by atoms with Crippen molar-refractivity contribution < 1.29 is 0 Å². The number of hydrogen-bond acceptors (Lipinski definition) is 3. The lowest BCUT2D eigenvalue weighted by Crippen LogP contribution is -2.22. The SMILES string of the molecule is CCC(N)Cc1c(C)nn(CCCC(C)(C)C#N)c1C.